The molecule has 6 nitrogen and oxygen atoms in total. The zero-order chi connectivity index (χ0) is 54.3. The van der Waals surface area contributed by atoms with Gasteiger partial charge in [0.05, 0.1) is 46.4 Å². The van der Waals surface area contributed by atoms with Crippen LogP contribution >= 0.6 is 0 Å². The Morgan fingerprint density at radius 1 is 0.346 bits per heavy atom. The van der Waals surface area contributed by atoms with Gasteiger partial charge in [0, 0.05) is 21.5 Å². The van der Waals surface area contributed by atoms with Crippen molar-refractivity contribution in [2.45, 2.75) is 233 Å². The molecule has 0 saturated carbocycles. The van der Waals surface area contributed by atoms with Crippen molar-refractivity contribution in [3.63, 3.8) is 0 Å². The highest BCUT2D eigenvalue weighted by Gasteiger charge is 2.29. The molecule has 0 saturated heterocycles. The van der Waals surface area contributed by atoms with Crippen LogP contribution in [0, 0.1) is 11.8 Å². The van der Waals surface area contributed by atoms with E-state index < -0.39 is 0 Å². The number of pyridine rings is 2. The molecular weight excluding hydrogens is 957 g/mol. The van der Waals surface area contributed by atoms with Gasteiger partial charge < -0.3 is 9.47 Å². The summed E-state index contributed by atoms with van der Waals surface area (Å²) < 4.78 is 17.0. The number of hydrogen-bond donors (Lipinski definition) is 0. The lowest BCUT2D eigenvalue weighted by molar-refractivity contribution is 0.224. The summed E-state index contributed by atoms with van der Waals surface area (Å²) in [6, 6.07) is 32.6. The molecule has 0 fully saturated rings. The third-order valence-electron chi connectivity index (χ3n) is 17.4. The summed E-state index contributed by atoms with van der Waals surface area (Å²) in [6.45, 7) is 10.6. The van der Waals surface area contributed by atoms with Crippen molar-refractivity contribution >= 4 is 43.6 Å². The Balaban J connectivity index is 1.05. The second-order valence-electron chi connectivity index (χ2n) is 23.6. The summed E-state index contributed by atoms with van der Waals surface area (Å²) >= 11 is 0. The number of ether oxygens (including phenoxy) is 2. The van der Waals surface area contributed by atoms with Crippen LogP contribution in [0.15, 0.2) is 107 Å². The van der Waals surface area contributed by atoms with Crippen molar-refractivity contribution in [3.05, 3.63) is 118 Å². The third-order valence-corrected chi connectivity index (χ3v) is 17.4. The zero-order valence-corrected chi connectivity index (χ0v) is 49.0. The van der Waals surface area contributed by atoms with Gasteiger partial charge in [-0.15, -0.1) is 0 Å². The van der Waals surface area contributed by atoms with Crippen LogP contribution in [0.3, 0.4) is 0 Å². The van der Waals surface area contributed by atoms with E-state index in [4.69, 9.17) is 9.47 Å². The summed E-state index contributed by atoms with van der Waals surface area (Å²) in [6.07, 6.45) is 41.9. The number of rotatable bonds is 40. The quantitative estimate of drug-likeness (QED) is 0.0359. The van der Waals surface area contributed by atoms with Gasteiger partial charge in [-0.25, -0.2) is 0 Å². The van der Waals surface area contributed by atoms with Gasteiger partial charge in [0.25, 0.3) is 11.1 Å². The van der Waals surface area contributed by atoms with Crippen LogP contribution in [0.2, 0.25) is 0 Å². The van der Waals surface area contributed by atoms with Crippen molar-refractivity contribution in [1.29, 1.82) is 0 Å². The van der Waals surface area contributed by atoms with Crippen molar-refractivity contribution in [3.8, 4) is 33.8 Å². The van der Waals surface area contributed by atoms with E-state index in [1.165, 1.54) is 205 Å². The number of unbranched alkanes of at least 4 members (excludes halogenated alkanes) is 24. The van der Waals surface area contributed by atoms with Crippen LogP contribution in [0.25, 0.3) is 65.9 Å². The molecule has 8 aromatic rings. The smallest absolute Gasteiger partial charge is 0.264 e. The molecule has 0 N–H and O–H groups in total. The Morgan fingerprint density at radius 3 is 0.936 bits per heavy atom. The molecule has 0 aliphatic rings. The van der Waals surface area contributed by atoms with Crippen LogP contribution in [0.4, 0.5) is 0 Å². The topological polar surface area (TPSA) is 61.4 Å². The minimum Gasteiger partial charge on any atom is -0.493 e. The first-order chi connectivity index (χ1) is 38.5. The zero-order valence-electron chi connectivity index (χ0n) is 49.0. The lowest BCUT2D eigenvalue weighted by Crippen LogP contribution is -2.20. The lowest BCUT2D eigenvalue weighted by atomic mass is 9.94. The fourth-order valence-corrected chi connectivity index (χ4v) is 12.9. The first-order valence-electron chi connectivity index (χ1n) is 32.1. The Bertz CT molecular complexity index is 2880. The molecule has 4 heterocycles. The molecule has 8 rings (SSSR count). The molecular formula is C72H98N2O4. The average molecular weight is 1060 g/mol. The summed E-state index contributed by atoms with van der Waals surface area (Å²) in [5, 5.41) is 3.45. The molecule has 0 aliphatic carbocycles. The maximum absolute atomic E-state index is 15.5. The van der Waals surface area contributed by atoms with E-state index in [2.05, 4.69) is 64.1 Å². The number of hydrogen-bond acceptors (Lipinski definition) is 4. The Morgan fingerprint density at radius 2 is 0.628 bits per heavy atom. The van der Waals surface area contributed by atoms with Gasteiger partial charge >= 0.3 is 0 Å². The number of aromatic nitrogens is 2. The highest BCUT2D eigenvalue weighted by molar-refractivity contribution is 6.28. The second-order valence-corrected chi connectivity index (χ2v) is 23.6. The van der Waals surface area contributed by atoms with Crippen molar-refractivity contribution in [2.75, 3.05) is 13.2 Å². The molecule has 0 amide bonds. The molecule has 0 bridgehead atoms. The third kappa shape index (κ3) is 15.1. The summed E-state index contributed by atoms with van der Waals surface area (Å²) in [5.41, 5.74) is 5.89. The Labute approximate surface area is 469 Å². The van der Waals surface area contributed by atoms with E-state index in [-0.39, 0.29) is 11.1 Å². The van der Waals surface area contributed by atoms with Gasteiger partial charge in [0.2, 0.25) is 0 Å². The summed E-state index contributed by atoms with van der Waals surface area (Å²) in [5.74, 6) is 2.75. The molecule has 4 aromatic heterocycles. The molecule has 6 heteroatoms. The van der Waals surface area contributed by atoms with E-state index in [1.54, 1.807) is 0 Å². The van der Waals surface area contributed by atoms with E-state index in [0.717, 1.165) is 79.5 Å². The molecule has 4 aromatic carbocycles. The van der Waals surface area contributed by atoms with E-state index in [1.807, 2.05) is 69.5 Å². The standard InChI is InChI=1S/C72H98N2O4/c1-5-9-13-17-21-23-27-31-39-55(37-29-25-19-15-11-7-3)53-77-59-49-45-57(46-50-59)65-67-61-41-33-35-43-63(61)74-69(67)70-68(62-42-34-36-44-64(62)73(70)71(65)75)66(72(74)76)58-47-51-60(52-48-58)78-54-56(38-30-26-20-16-12-8-4)40-32-28-24-22-18-14-10-6-2/h33-36,41-52,55-56H,5-32,37-40,53-54H2,1-4H3. The molecule has 0 aliphatic heterocycles. The summed E-state index contributed by atoms with van der Waals surface area (Å²) in [7, 11) is 0. The first-order valence-corrected chi connectivity index (χ1v) is 32.1. The van der Waals surface area contributed by atoms with E-state index in [0.29, 0.717) is 23.0 Å². The van der Waals surface area contributed by atoms with Gasteiger partial charge in [-0.05, 0) is 85.0 Å². The van der Waals surface area contributed by atoms with Gasteiger partial charge in [0.15, 0.2) is 0 Å². The fourth-order valence-electron chi connectivity index (χ4n) is 12.9. The summed E-state index contributed by atoms with van der Waals surface area (Å²) in [4.78, 5) is 31.0. The molecule has 0 radical (unpaired) electrons. The fraction of sp³-hybridized carbons (Fsp3) is 0.556. The van der Waals surface area contributed by atoms with Gasteiger partial charge in [-0.3, -0.25) is 18.4 Å². The predicted molar refractivity (Wildman–Crippen MR) is 335 cm³/mol. The first kappa shape index (κ1) is 58.8. The Hall–Kier alpha value is -5.36. The minimum atomic E-state index is -0.0826. The molecule has 2 unspecified atom stereocenters. The van der Waals surface area contributed by atoms with Crippen LogP contribution < -0.4 is 20.6 Å². The van der Waals surface area contributed by atoms with Crippen molar-refractivity contribution < 1.29 is 9.47 Å². The monoisotopic (exact) mass is 1050 g/mol. The number of para-hydroxylation sites is 2. The van der Waals surface area contributed by atoms with E-state index >= 15 is 9.59 Å². The molecule has 0 spiro atoms. The highest BCUT2D eigenvalue weighted by atomic mass is 16.5. The van der Waals surface area contributed by atoms with Gasteiger partial charge in [-0.2, -0.15) is 0 Å². The minimum absolute atomic E-state index is 0.0826. The van der Waals surface area contributed by atoms with Crippen LogP contribution in [0.1, 0.15) is 233 Å². The number of fused-ring (bicyclic) bond motifs is 6. The number of benzene rings is 4. The van der Waals surface area contributed by atoms with E-state index in [9.17, 15) is 0 Å². The molecule has 78 heavy (non-hydrogen) atoms. The highest BCUT2D eigenvalue weighted by Crippen LogP contribution is 2.44. The second kappa shape index (κ2) is 31.4. The van der Waals surface area contributed by atoms with Gasteiger partial charge in [-0.1, -0.05) is 268 Å². The molecule has 420 valence electrons. The van der Waals surface area contributed by atoms with Crippen molar-refractivity contribution in [2.24, 2.45) is 11.8 Å². The molecule has 2 atom stereocenters. The average Bonchev–Trinajstić information content (AvgIpc) is 4.22. The number of nitrogens with zero attached hydrogens (tertiary/aromatic N) is 2. The Kier molecular flexibility index (Phi) is 23.7. The van der Waals surface area contributed by atoms with Crippen LogP contribution in [-0.2, 0) is 0 Å². The van der Waals surface area contributed by atoms with Gasteiger partial charge in [0.1, 0.15) is 11.5 Å². The normalized spacial score (nSPS) is 12.8. The van der Waals surface area contributed by atoms with Crippen molar-refractivity contribution in [1.82, 2.24) is 8.80 Å². The predicted octanol–water partition coefficient (Wildman–Crippen LogP) is 21.1. The maximum atomic E-state index is 15.5. The SMILES string of the molecule is CCCCCCCCCCC(CCCCCCCC)COc1ccc(-c2c(=O)n3c4ccccc4c4c(-c5ccc(OCC(CCCCCCCC)CCCCCCCCCC)cc5)c(=O)n5c6ccccc6c2c5c43)cc1. The lowest BCUT2D eigenvalue weighted by Gasteiger charge is -2.18. The largest absolute Gasteiger partial charge is 0.493 e. The van der Waals surface area contributed by atoms with Crippen LogP contribution in [-0.4, -0.2) is 22.0 Å². The van der Waals surface area contributed by atoms with Crippen LogP contribution in [0.5, 0.6) is 11.5 Å². The maximum Gasteiger partial charge on any atom is 0.264 e.